The summed E-state index contributed by atoms with van der Waals surface area (Å²) in [6.45, 7) is 4.69. The molecule has 0 spiro atoms. The first-order valence-electron chi connectivity index (χ1n) is 11.2. The molecule has 0 aromatic heterocycles. The van der Waals surface area contributed by atoms with Gasteiger partial charge in [-0.1, -0.05) is 44.2 Å². The summed E-state index contributed by atoms with van der Waals surface area (Å²) in [5.41, 5.74) is 8.35. The Kier molecular flexibility index (Phi) is 6.93. The normalized spacial score (nSPS) is 14.5. The fourth-order valence-corrected chi connectivity index (χ4v) is 3.82. The van der Waals surface area contributed by atoms with Crippen LogP contribution in [0.5, 0.6) is 23.0 Å². The molecule has 0 fully saturated rings. The monoisotopic (exact) mass is 470 g/mol. The fourth-order valence-electron chi connectivity index (χ4n) is 3.82. The highest BCUT2D eigenvalue weighted by atomic mass is 16.5. The Morgan fingerprint density at radius 1 is 1.09 bits per heavy atom. The Labute approximate surface area is 204 Å². The lowest BCUT2D eigenvalue weighted by molar-refractivity contribution is 0.0734. The van der Waals surface area contributed by atoms with Crippen molar-refractivity contribution < 1.29 is 23.7 Å². The molecule has 1 atom stereocenters. The molecule has 1 heterocycles. The van der Waals surface area contributed by atoms with Crippen molar-refractivity contribution in [2.75, 3.05) is 13.7 Å². The van der Waals surface area contributed by atoms with Gasteiger partial charge >= 0.3 is 5.97 Å². The minimum atomic E-state index is -0.490. The van der Waals surface area contributed by atoms with E-state index < -0.39 is 11.9 Å². The van der Waals surface area contributed by atoms with Crippen molar-refractivity contribution in [3.8, 4) is 29.1 Å². The van der Waals surface area contributed by atoms with Gasteiger partial charge in [-0.05, 0) is 41.8 Å². The topological polar surface area (TPSA) is 104 Å². The predicted octanol–water partition coefficient (Wildman–Crippen LogP) is 5.17. The highest BCUT2D eigenvalue weighted by Crippen LogP contribution is 2.45. The molecule has 0 aliphatic carbocycles. The van der Waals surface area contributed by atoms with E-state index in [4.69, 9.17) is 24.7 Å². The molecule has 0 amide bonds. The van der Waals surface area contributed by atoms with E-state index in [0.717, 1.165) is 5.56 Å². The number of nitrogens with zero attached hydrogens (tertiary/aromatic N) is 1. The van der Waals surface area contributed by atoms with Crippen LogP contribution in [0.2, 0.25) is 0 Å². The fraction of sp³-hybridized carbons (Fsp3) is 0.214. The summed E-state index contributed by atoms with van der Waals surface area (Å²) >= 11 is 0. The minimum absolute atomic E-state index is 0.00404. The lowest BCUT2D eigenvalue weighted by Gasteiger charge is -2.27. The maximum Gasteiger partial charge on any atom is 0.343 e. The molecule has 0 saturated heterocycles. The average Bonchev–Trinajstić information content (AvgIpc) is 2.87. The van der Waals surface area contributed by atoms with E-state index >= 15 is 0 Å². The number of carbonyl (C=O) groups is 1. The molecule has 7 nitrogen and oxygen atoms in total. The number of hydrogen-bond donors (Lipinski definition) is 1. The number of ether oxygens (including phenoxy) is 4. The van der Waals surface area contributed by atoms with Gasteiger partial charge in [-0.15, -0.1) is 0 Å². The van der Waals surface area contributed by atoms with Crippen LogP contribution in [0.1, 0.15) is 41.3 Å². The van der Waals surface area contributed by atoms with Crippen LogP contribution in [0.3, 0.4) is 0 Å². The van der Waals surface area contributed by atoms with Crippen molar-refractivity contribution in [3.05, 3.63) is 94.9 Å². The number of carbonyl (C=O) groups excluding carboxylic acids is 1. The zero-order valence-corrected chi connectivity index (χ0v) is 19.8. The van der Waals surface area contributed by atoms with E-state index in [-0.39, 0.29) is 11.5 Å². The van der Waals surface area contributed by atoms with Gasteiger partial charge in [0.25, 0.3) is 0 Å². The standard InChI is InChI=1S/C28H26N2O5/c1-17(2)16-33-23-12-9-19(13-25(23)32-3)26-21-11-10-20(14-24(21)35-27(30)22(26)15-29)34-28(31)18-7-5-4-6-8-18/h4-14,17,26H,16,30H2,1-3H3. The third kappa shape index (κ3) is 5.07. The number of nitriles is 1. The molecule has 1 aliphatic rings. The Morgan fingerprint density at radius 3 is 2.54 bits per heavy atom. The number of methoxy groups -OCH3 is 1. The Balaban J connectivity index is 1.68. The van der Waals surface area contributed by atoms with Crippen LogP contribution in [-0.4, -0.2) is 19.7 Å². The average molecular weight is 471 g/mol. The highest BCUT2D eigenvalue weighted by Gasteiger charge is 2.31. The highest BCUT2D eigenvalue weighted by molar-refractivity contribution is 5.91. The van der Waals surface area contributed by atoms with Crippen LogP contribution in [0.15, 0.2) is 78.2 Å². The summed E-state index contributed by atoms with van der Waals surface area (Å²) in [7, 11) is 1.57. The Morgan fingerprint density at radius 2 is 1.86 bits per heavy atom. The second-order valence-electron chi connectivity index (χ2n) is 8.50. The van der Waals surface area contributed by atoms with Gasteiger partial charge in [0, 0.05) is 11.6 Å². The molecule has 3 aromatic rings. The SMILES string of the molecule is COc1cc(C2C(C#N)=C(N)Oc3cc(OC(=O)c4ccccc4)ccc32)ccc1OCC(C)C. The van der Waals surface area contributed by atoms with Crippen molar-refractivity contribution in [1.29, 1.82) is 5.26 Å². The van der Waals surface area contributed by atoms with Crippen molar-refractivity contribution >= 4 is 5.97 Å². The molecule has 0 saturated carbocycles. The first kappa shape index (κ1) is 23.7. The maximum atomic E-state index is 12.5. The predicted molar refractivity (Wildman–Crippen MR) is 130 cm³/mol. The molecular weight excluding hydrogens is 444 g/mol. The van der Waals surface area contributed by atoms with Gasteiger partial charge in [0.2, 0.25) is 5.88 Å². The number of hydrogen-bond acceptors (Lipinski definition) is 7. The third-order valence-corrected chi connectivity index (χ3v) is 5.50. The van der Waals surface area contributed by atoms with E-state index in [1.165, 1.54) is 0 Å². The van der Waals surface area contributed by atoms with Crippen molar-refractivity contribution in [1.82, 2.24) is 0 Å². The van der Waals surface area contributed by atoms with Crippen molar-refractivity contribution in [2.45, 2.75) is 19.8 Å². The van der Waals surface area contributed by atoms with Gasteiger partial charge in [-0.2, -0.15) is 5.26 Å². The number of allylic oxidation sites excluding steroid dienone is 1. The lowest BCUT2D eigenvalue weighted by Crippen LogP contribution is -2.21. The van der Waals surface area contributed by atoms with Gasteiger partial charge in [-0.3, -0.25) is 0 Å². The van der Waals surface area contributed by atoms with Crippen molar-refractivity contribution in [3.63, 3.8) is 0 Å². The summed E-state index contributed by atoms with van der Waals surface area (Å²) in [6, 6.07) is 21.5. The minimum Gasteiger partial charge on any atom is -0.493 e. The van der Waals surface area contributed by atoms with Crippen LogP contribution in [-0.2, 0) is 0 Å². The number of benzene rings is 3. The van der Waals surface area contributed by atoms with Crippen LogP contribution in [0.25, 0.3) is 0 Å². The largest absolute Gasteiger partial charge is 0.493 e. The molecule has 3 aromatic carbocycles. The maximum absolute atomic E-state index is 12.5. The van der Waals surface area contributed by atoms with Crippen LogP contribution >= 0.6 is 0 Å². The quantitative estimate of drug-likeness (QED) is 0.375. The zero-order valence-electron chi connectivity index (χ0n) is 19.8. The first-order chi connectivity index (χ1) is 16.9. The second kappa shape index (κ2) is 10.2. The number of esters is 1. The second-order valence-corrected chi connectivity index (χ2v) is 8.50. The van der Waals surface area contributed by atoms with Gasteiger partial charge < -0.3 is 24.7 Å². The molecule has 178 valence electrons. The number of nitrogens with two attached hydrogens (primary N) is 1. The van der Waals surface area contributed by atoms with E-state index in [9.17, 15) is 10.1 Å². The Bertz CT molecular complexity index is 1310. The van der Waals surface area contributed by atoms with Gasteiger partial charge in [-0.25, -0.2) is 4.79 Å². The molecule has 7 heteroatoms. The molecular formula is C28H26N2O5. The molecule has 0 bridgehead atoms. The molecule has 1 aliphatic heterocycles. The van der Waals surface area contributed by atoms with Crippen LogP contribution in [0, 0.1) is 17.2 Å². The van der Waals surface area contributed by atoms with Gasteiger partial charge in [0.15, 0.2) is 11.5 Å². The summed E-state index contributed by atoms with van der Waals surface area (Å²) in [4.78, 5) is 12.5. The summed E-state index contributed by atoms with van der Waals surface area (Å²) < 4.78 is 22.7. The first-order valence-corrected chi connectivity index (χ1v) is 11.2. The summed E-state index contributed by atoms with van der Waals surface area (Å²) in [5, 5.41) is 9.85. The lowest BCUT2D eigenvalue weighted by atomic mass is 9.83. The molecule has 35 heavy (non-hydrogen) atoms. The molecule has 1 unspecified atom stereocenters. The molecule has 4 rings (SSSR count). The van der Waals surface area contributed by atoms with E-state index in [1.807, 2.05) is 24.3 Å². The van der Waals surface area contributed by atoms with E-state index in [2.05, 4.69) is 19.9 Å². The third-order valence-electron chi connectivity index (χ3n) is 5.50. The zero-order chi connectivity index (χ0) is 24.9. The van der Waals surface area contributed by atoms with Gasteiger partial charge in [0.1, 0.15) is 23.1 Å². The van der Waals surface area contributed by atoms with Crippen LogP contribution < -0.4 is 24.7 Å². The summed E-state index contributed by atoms with van der Waals surface area (Å²) in [6.07, 6.45) is 0. The van der Waals surface area contributed by atoms with E-state index in [0.29, 0.717) is 46.6 Å². The van der Waals surface area contributed by atoms with Gasteiger partial charge in [0.05, 0.1) is 25.2 Å². The number of rotatable bonds is 7. The van der Waals surface area contributed by atoms with Crippen LogP contribution in [0.4, 0.5) is 0 Å². The van der Waals surface area contributed by atoms with Crippen molar-refractivity contribution in [2.24, 2.45) is 11.7 Å². The van der Waals surface area contributed by atoms with E-state index in [1.54, 1.807) is 49.6 Å². The Hall–Kier alpha value is -4.44. The summed E-state index contributed by atoms with van der Waals surface area (Å²) in [5.74, 6) is 1.27. The molecule has 0 radical (unpaired) electrons. The molecule has 2 N–H and O–H groups in total. The number of fused-ring (bicyclic) bond motifs is 1. The smallest absolute Gasteiger partial charge is 0.343 e.